The summed E-state index contributed by atoms with van der Waals surface area (Å²) in [7, 11) is 0. The van der Waals surface area contributed by atoms with Crippen LogP contribution in [-0.2, 0) is 16.1 Å². The summed E-state index contributed by atoms with van der Waals surface area (Å²) < 4.78 is 10.8. The van der Waals surface area contributed by atoms with Crippen LogP contribution in [0.4, 0.5) is 9.59 Å². The lowest BCUT2D eigenvalue weighted by Crippen LogP contribution is -2.57. The van der Waals surface area contributed by atoms with E-state index in [1.165, 1.54) is 0 Å². The van der Waals surface area contributed by atoms with Crippen LogP contribution >= 0.6 is 0 Å². The number of piperidine rings is 1. The maximum absolute atomic E-state index is 12.4. The number of hydrogen-bond donors (Lipinski definition) is 1. The van der Waals surface area contributed by atoms with Crippen LogP contribution in [0.5, 0.6) is 0 Å². The molecule has 1 N–H and O–H groups in total. The Kier molecular flexibility index (Phi) is 6.16. The third-order valence-corrected chi connectivity index (χ3v) is 4.38. The highest BCUT2D eigenvalue weighted by Crippen LogP contribution is 2.30. The highest BCUT2D eigenvalue weighted by molar-refractivity contribution is 5.69. The van der Waals surface area contributed by atoms with Crippen molar-refractivity contribution in [3.05, 3.63) is 35.9 Å². The van der Waals surface area contributed by atoms with Gasteiger partial charge in [-0.3, -0.25) is 0 Å². The first-order chi connectivity index (χ1) is 12.1. The normalized spacial score (nSPS) is 19.6. The Balaban J connectivity index is 1.86. The molecule has 0 bridgehead atoms. The van der Waals surface area contributed by atoms with Crippen molar-refractivity contribution in [2.45, 2.75) is 59.3 Å². The van der Waals surface area contributed by atoms with Crippen molar-refractivity contribution in [3.8, 4) is 0 Å². The van der Waals surface area contributed by atoms with Crippen molar-refractivity contribution in [1.29, 1.82) is 0 Å². The molecule has 1 aromatic rings. The molecule has 0 aromatic heterocycles. The SMILES string of the molecule is CC(C)(C)OC(=O)NC1CCN(C(=O)OCc2ccccc2)CC1(C)C. The van der Waals surface area contributed by atoms with Gasteiger partial charge in [-0.05, 0) is 32.8 Å². The van der Waals surface area contributed by atoms with Gasteiger partial charge in [-0.15, -0.1) is 0 Å². The Labute approximate surface area is 155 Å². The zero-order valence-electron chi connectivity index (χ0n) is 16.4. The number of carbonyl (C=O) groups is 2. The lowest BCUT2D eigenvalue weighted by molar-refractivity contribution is 0.0277. The minimum Gasteiger partial charge on any atom is -0.445 e. The van der Waals surface area contributed by atoms with Crippen molar-refractivity contribution < 1.29 is 19.1 Å². The van der Waals surface area contributed by atoms with Gasteiger partial charge >= 0.3 is 12.2 Å². The van der Waals surface area contributed by atoms with Crippen molar-refractivity contribution in [3.63, 3.8) is 0 Å². The fourth-order valence-corrected chi connectivity index (χ4v) is 3.04. The molecule has 1 aromatic carbocycles. The minimum atomic E-state index is -0.532. The highest BCUT2D eigenvalue weighted by atomic mass is 16.6. The zero-order chi connectivity index (χ0) is 19.4. The van der Waals surface area contributed by atoms with Gasteiger partial charge in [-0.25, -0.2) is 9.59 Å². The number of nitrogens with zero attached hydrogens (tertiary/aromatic N) is 1. The first-order valence-electron chi connectivity index (χ1n) is 9.02. The molecule has 0 radical (unpaired) electrons. The van der Waals surface area contributed by atoms with Crippen LogP contribution in [0.15, 0.2) is 30.3 Å². The number of carbonyl (C=O) groups excluding carboxylic acids is 2. The molecule has 6 heteroatoms. The maximum Gasteiger partial charge on any atom is 0.410 e. The molecule has 1 aliphatic heterocycles. The average molecular weight is 362 g/mol. The summed E-state index contributed by atoms with van der Waals surface area (Å²) in [5, 5.41) is 2.94. The quantitative estimate of drug-likeness (QED) is 0.884. The predicted molar refractivity (Wildman–Crippen MR) is 99.8 cm³/mol. The number of rotatable bonds is 3. The molecule has 1 fully saturated rings. The summed E-state index contributed by atoms with van der Waals surface area (Å²) in [6.07, 6.45) is -0.0829. The Morgan fingerprint density at radius 3 is 2.46 bits per heavy atom. The maximum atomic E-state index is 12.4. The molecular formula is C20H30N2O4. The van der Waals surface area contributed by atoms with Gasteiger partial charge in [0.25, 0.3) is 0 Å². The second kappa shape index (κ2) is 7.98. The average Bonchev–Trinajstić information content (AvgIpc) is 2.53. The number of ether oxygens (including phenoxy) is 2. The summed E-state index contributed by atoms with van der Waals surface area (Å²) in [6.45, 7) is 10.9. The standard InChI is InChI=1S/C20H30N2O4/c1-19(2,3)26-17(23)21-16-11-12-22(14-20(16,4)5)18(24)25-13-15-9-7-6-8-10-15/h6-10,16H,11-14H2,1-5H3,(H,21,23). The van der Waals surface area contributed by atoms with Gasteiger partial charge < -0.3 is 19.7 Å². The second-order valence-corrected chi connectivity index (χ2v) is 8.44. The van der Waals surface area contributed by atoms with Crippen LogP contribution in [0.1, 0.15) is 46.6 Å². The van der Waals surface area contributed by atoms with E-state index in [1.807, 2.05) is 65.0 Å². The smallest absolute Gasteiger partial charge is 0.410 e. The first-order valence-corrected chi connectivity index (χ1v) is 9.02. The van der Waals surface area contributed by atoms with E-state index >= 15 is 0 Å². The van der Waals surface area contributed by atoms with E-state index in [1.54, 1.807) is 4.90 Å². The minimum absolute atomic E-state index is 0.0597. The molecule has 26 heavy (non-hydrogen) atoms. The molecule has 0 aliphatic carbocycles. The Bertz CT molecular complexity index is 622. The van der Waals surface area contributed by atoms with Crippen molar-refractivity contribution >= 4 is 12.2 Å². The lowest BCUT2D eigenvalue weighted by Gasteiger charge is -2.43. The summed E-state index contributed by atoms with van der Waals surface area (Å²) in [4.78, 5) is 26.1. The van der Waals surface area contributed by atoms with Crippen LogP contribution < -0.4 is 5.32 Å². The summed E-state index contributed by atoms with van der Waals surface area (Å²) >= 11 is 0. The molecule has 2 rings (SSSR count). The van der Waals surface area contributed by atoms with Gasteiger partial charge in [0.1, 0.15) is 12.2 Å². The Morgan fingerprint density at radius 2 is 1.88 bits per heavy atom. The molecule has 1 atom stereocenters. The molecular weight excluding hydrogens is 332 g/mol. The van der Waals surface area contributed by atoms with Gasteiger partial charge in [-0.1, -0.05) is 44.2 Å². The summed E-state index contributed by atoms with van der Waals surface area (Å²) in [6, 6.07) is 9.55. The molecule has 1 unspecified atom stereocenters. The van der Waals surface area contributed by atoms with E-state index in [2.05, 4.69) is 5.32 Å². The number of hydrogen-bond acceptors (Lipinski definition) is 4. The van der Waals surface area contributed by atoms with Crippen LogP contribution in [0.2, 0.25) is 0 Å². The van der Waals surface area contributed by atoms with Gasteiger partial charge in [-0.2, -0.15) is 0 Å². The number of amides is 2. The second-order valence-electron chi connectivity index (χ2n) is 8.44. The van der Waals surface area contributed by atoms with E-state index in [0.29, 0.717) is 19.5 Å². The highest BCUT2D eigenvalue weighted by Gasteiger charge is 2.39. The van der Waals surface area contributed by atoms with Crippen molar-refractivity contribution in [2.75, 3.05) is 13.1 Å². The lowest BCUT2D eigenvalue weighted by atomic mass is 9.79. The van der Waals surface area contributed by atoms with Crippen LogP contribution in [0.3, 0.4) is 0 Å². The molecule has 1 heterocycles. The fourth-order valence-electron chi connectivity index (χ4n) is 3.04. The van der Waals surface area contributed by atoms with E-state index in [4.69, 9.17) is 9.47 Å². The van der Waals surface area contributed by atoms with Crippen LogP contribution in [0, 0.1) is 5.41 Å². The third kappa shape index (κ3) is 5.93. The van der Waals surface area contributed by atoms with E-state index in [-0.39, 0.29) is 24.2 Å². The zero-order valence-corrected chi connectivity index (χ0v) is 16.4. The number of benzene rings is 1. The topological polar surface area (TPSA) is 67.9 Å². The molecule has 2 amide bonds. The molecule has 1 aliphatic rings. The van der Waals surface area contributed by atoms with Gasteiger partial charge in [0.15, 0.2) is 0 Å². The van der Waals surface area contributed by atoms with E-state index in [9.17, 15) is 9.59 Å². The number of nitrogens with one attached hydrogen (secondary N) is 1. The van der Waals surface area contributed by atoms with Crippen molar-refractivity contribution in [1.82, 2.24) is 10.2 Å². The molecule has 1 saturated heterocycles. The molecule has 0 spiro atoms. The fraction of sp³-hybridized carbons (Fsp3) is 0.600. The number of alkyl carbamates (subject to hydrolysis) is 1. The third-order valence-electron chi connectivity index (χ3n) is 4.38. The van der Waals surface area contributed by atoms with Crippen LogP contribution in [-0.4, -0.2) is 41.8 Å². The first kappa shape index (κ1) is 20.1. The van der Waals surface area contributed by atoms with E-state index < -0.39 is 11.7 Å². The van der Waals surface area contributed by atoms with Gasteiger partial charge in [0.05, 0.1) is 0 Å². The monoisotopic (exact) mass is 362 g/mol. The summed E-state index contributed by atoms with van der Waals surface area (Å²) in [5.41, 5.74) is 0.151. The Morgan fingerprint density at radius 1 is 1.23 bits per heavy atom. The van der Waals surface area contributed by atoms with Gasteiger partial charge in [0, 0.05) is 24.5 Å². The number of likely N-dealkylation sites (tertiary alicyclic amines) is 1. The largest absolute Gasteiger partial charge is 0.445 e. The van der Waals surface area contributed by atoms with Gasteiger partial charge in [0.2, 0.25) is 0 Å². The van der Waals surface area contributed by atoms with Crippen molar-refractivity contribution in [2.24, 2.45) is 5.41 Å². The molecule has 6 nitrogen and oxygen atoms in total. The molecule has 0 saturated carbocycles. The predicted octanol–water partition coefficient (Wildman–Crippen LogP) is 3.95. The Hall–Kier alpha value is -2.24. The van der Waals surface area contributed by atoms with E-state index in [0.717, 1.165) is 5.56 Å². The molecule has 144 valence electrons. The summed E-state index contributed by atoms with van der Waals surface area (Å²) in [5.74, 6) is 0. The van der Waals surface area contributed by atoms with Crippen LogP contribution in [0.25, 0.3) is 0 Å².